The summed E-state index contributed by atoms with van der Waals surface area (Å²) in [6, 6.07) is 3.64. The van der Waals surface area contributed by atoms with E-state index in [4.69, 9.17) is 4.52 Å². The van der Waals surface area contributed by atoms with E-state index in [2.05, 4.69) is 20.7 Å². The summed E-state index contributed by atoms with van der Waals surface area (Å²) in [6.45, 7) is 1.82. The lowest BCUT2D eigenvalue weighted by Gasteiger charge is -1.97. The van der Waals surface area contributed by atoms with Gasteiger partial charge in [0.2, 0.25) is 5.91 Å². The third-order valence-electron chi connectivity index (χ3n) is 2.89. The Hall–Kier alpha value is -2.11. The van der Waals surface area contributed by atoms with Gasteiger partial charge in [0.25, 0.3) is 0 Å². The van der Waals surface area contributed by atoms with Crippen LogP contribution in [0.1, 0.15) is 35.9 Å². The number of carbonyl (C=O) groups excluding carboxylic acids is 1. The molecule has 1 amide bonds. The fourth-order valence-corrected chi connectivity index (χ4v) is 1.85. The summed E-state index contributed by atoms with van der Waals surface area (Å²) in [7, 11) is 0. The van der Waals surface area contributed by atoms with E-state index in [1.165, 1.54) is 12.8 Å². The van der Waals surface area contributed by atoms with Gasteiger partial charge < -0.3 is 9.84 Å². The van der Waals surface area contributed by atoms with Crippen molar-refractivity contribution in [1.82, 2.24) is 15.4 Å². The van der Waals surface area contributed by atoms with E-state index >= 15 is 0 Å². The van der Waals surface area contributed by atoms with Crippen LogP contribution in [-0.4, -0.2) is 21.3 Å². The van der Waals surface area contributed by atoms with Gasteiger partial charge >= 0.3 is 0 Å². The molecular weight excluding hydrogens is 232 g/mol. The summed E-state index contributed by atoms with van der Waals surface area (Å²) >= 11 is 0. The molecule has 2 aromatic heterocycles. The highest BCUT2D eigenvalue weighted by Gasteiger charge is 2.25. The molecule has 0 saturated heterocycles. The first-order chi connectivity index (χ1) is 8.70. The Morgan fingerprint density at radius 2 is 2.39 bits per heavy atom. The fraction of sp³-hybridized carbons (Fsp3) is 0.417. The third-order valence-corrected chi connectivity index (χ3v) is 2.89. The number of hydrogen-bond acceptors (Lipinski definition) is 4. The van der Waals surface area contributed by atoms with Crippen LogP contribution in [0.25, 0.3) is 0 Å². The molecule has 6 heteroatoms. The molecule has 0 unspecified atom stereocenters. The topological polar surface area (TPSA) is 83.8 Å². The number of nitrogens with one attached hydrogen (secondary N) is 2. The molecule has 1 saturated carbocycles. The zero-order valence-corrected chi connectivity index (χ0v) is 10.1. The summed E-state index contributed by atoms with van der Waals surface area (Å²) in [5.41, 5.74) is 1.87. The van der Waals surface area contributed by atoms with E-state index in [1.54, 1.807) is 6.07 Å². The van der Waals surface area contributed by atoms with Gasteiger partial charge in [-0.05, 0) is 19.8 Å². The molecule has 6 nitrogen and oxygen atoms in total. The number of aromatic amines is 1. The van der Waals surface area contributed by atoms with Crippen molar-refractivity contribution in [2.75, 3.05) is 5.32 Å². The monoisotopic (exact) mass is 246 g/mol. The predicted octanol–water partition coefficient (Wildman–Crippen LogP) is 1.76. The molecule has 0 atom stereocenters. The van der Waals surface area contributed by atoms with Crippen molar-refractivity contribution in [2.24, 2.45) is 0 Å². The molecular formula is C12H14N4O2. The van der Waals surface area contributed by atoms with Gasteiger partial charge in [0.05, 0.1) is 12.1 Å². The highest BCUT2D eigenvalue weighted by molar-refractivity contribution is 5.91. The normalized spacial score (nSPS) is 14.7. The maximum Gasteiger partial charge on any atom is 0.233 e. The first-order valence-electron chi connectivity index (χ1n) is 5.98. The number of hydrogen-bond donors (Lipinski definition) is 2. The van der Waals surface area contributed by atoms with Crippen LogP contribution in [0.3, 0.4) is 0 Å². The van der Waals surface area contributed by atoms with Crippen molar-refractivity contribution in [1.29, 1.82) is 0 Å². The van der Waals surface area contributed by atoms with Gasteiger partial charge in [-0.1, -0.05) is 5.16 Å². The average Bonchev–Trinajstić information content (AvgIpc) is 2.95. The van der Waals surface area contributed by atoms with Crippen LogP contribution in [0.2, 0.25) is 0 Å². The van der Waals surface area contributed by atoms with E-state index in [-0.39, 0.29) is 12.3 Å². The Morgan fingerprint density at radius 1 is 1.56 bits per heavy atom. The zero-order chi connectivity index (χ0) is 12.5. The quantitative estimate of drug-likeness (QED) is 0.861. The predicted molar refractivity (Wildman–Crippen MR) is 64.1 cm³/mol. The lowest BCUT2D eigenvalue weighted by molar-refractivity contribution is -0.115. The molecule has 1 aliphatic rings. The number of aromatic nitrogens is 3. The Labute approximate surface area is 104 Å². The smallest absolute Gasteiger partial charge is 0.233 e. The van der Waals surface area contributed by atoms with Gasteiger partial charge in [-0.3, -0.25) is 9.89 Å². The van der Waals surface area contributed by atoms with Crippen molar-refractivity contribution < 1.29 is 9.32 Å². The van der Waals surface area contributed by atoms with Crippen LogP contribution < -0.4 is 5.32 Å². The Bertz CT molecular complexity index is 568. The minimum Gasteiger partial charge on any atom is -0.361 e. The highest BCUT2D eigenvalue weighted by Crippen LogP contribution is 2.39. The zero-order valence-electron chi connectivity index (χ0n) is 10.1. The van der Waals surface area contributed by atoms with Gasteiger partial charge in [0.15, 0.2) is 5.82 Å². The molecule has 0 bridgehead atoms. The van der Waals surface area contributed by atoms with E-state index in [1.807, 2.05) is 13.0 Å². The van der Waals surface area contributed by atoms with Gasteiger partial charge in [0.1, 0.15) is 5.76 Å². The average molecular weight is 246 g/mol. The largest absolute Gasteiger partial charge is 0.361 e. The van der Waals surface area contributed by atoms with Crippen molar-refractivity contribution in [3.8, 4) is 0 Å². The van der Waals surface area contributed by atoms with E-state index in [0.717, 1.165) is 11.4 Å². The number of nitrogens with zero attached hydrogens (tertiary/aromatic N) is 2. The van der Waals surface area contributed by atoms with Crippen LogP contribution >= 0.6 is 0 Å². The summed E-state index contributed by atoms with van der Waals surface area (Å²) in [4.78, 5) is 11.7. The maximum absolute atomic E-state index is 11.7. The molecule has 0 radical (unpaired) electrons. The Balaban J connectivity index is 1.59. The van der Waals surface area contributed by atoms with Crippen molar-refractivity contribution in [3.05, 3.63) is 29.3 Å². The van der Waals surface area contributed by atoms with Crippen LogP contribution in [0.5, 0.6) is 0 Å². The van der Waals surface area contributed by atoms with Gasteiger partial charge in [0, 0.05) is 23.7 Å². The lowest BCUT2D eigenvalue weighted by atomic mass is 10.3. The molecule has 2 aromatic rings. The second-order valence-corrected chi connectivity index (χ2v) is 4.64. The van der Waals surface area contributed by atoms with E-state index in [9.17, 15) is 4.79 Å². The highest BCUT2D eigenvalue weighted by atomic mass is 16.5. The summed E-state index contributed by atoms with van der Waals surface area (Å²) in [6.07, 6.45) is 2.58. The van der Waals surface area contributed by atoms with Gasteiger partial charge in [-0.25, -0.2) is 0 Å². The second kappa shape index (κ2) is 4.29. The van der Waals surface area contributed by atoms with Crippen LogP contribution in [0.15, 0.2) is 16.7 Å². The van der Waals surface area contributed by atoms with Crippen molar-refractivity contribution in [2.45, 2.75) is 32.1 Å². The van der Waals surface area contributed by atoms with Gasteiger partial charge in [-0.2, -0.15) is 5.10 Å². The van der Waals surface area contributed by atoms with Crippen LogP contribution in [0, 0.1) is 6.92 Å². The molecule has 0 spiro atoms. The van der Waals surface area contributed by atoms with Crippen LogP contribution in [0.4, 0.5) is 5.82 Å². The molecule has 0 aliphatic heterocycles. The fourth-order valence-electron chi connectivity index (χ4n) is 1.85. The molecule has 2 N–H and O–H groups in total. The summed E-state index contributed by atoms with van der Waals surface area (Å²) in [5.74, 6) is 1.57. The number of amides is 1. The molecule has 1 aliphatic carbocycles. The number of aryl methyl sites for hydroxylation is 1. The molecule has 1 fully saturated rings. The van der Waals surface area contributed by atoms with E-state index < -0.39 is 0 Å². The van der Waals surface area contributed by atoms with E-state index in [0.29, 0.717) is 17.5 Å². The molecule has 2 heterocycles. The maximum atomic E-state index is 11.7. The lowest BCUT2D eigenvalue weighted by Crippen LogP contribution is -2.14. The molecule has 3 rings (SSSR count). The number of rotatable bonds is 4. The minimum atomic E-state index is -0.153. The number of anilines is 1. The molecule has 94 valence electrons. The molecule has 0 aromatic carbocycles. The van der Waals surface area contributed by atoms with Crippen molar-refractivity contribution >= 4 is 11.7 Å². The standard InChI is InChI=1S/C12H14N4O2/c1-7-4-9(18-16-7)5-12(17)13-11-6-10(14-15-11)8-2-3-8/h4,6,8H,2-3,5H2,1H3,(H2,13,14,15,17). The Morgan fingerprint density at radius 3 is 3.06 bits per heavy atom. The van der Waals surface area contributed by atoms with Gasteiger partial charge in [-0.15, -0.1) is 0 Å². The summed E-state index contributed by atoms with van der Waals surface area (Å²) in [5, 5.41) is 13.5. The SMILES string of the molecule is Cc1cc(CC(=O)Nc2cc(C3CC3)[nH]n2)on1. The first kappa shape index (κ1) is 11.0. The first-order valence-corrected chi connectivity index (χ1v) is 5.98. The minimum absolute atomic E-state index is 0.153. The number of H-pyrrole nitrogens is 1. The summed E-state index contributed by atoms with van der Waals surface area (Å²) < 4.78 is 4.99. The number of carbonyl (C=O) groups is 1. The van der Waals surface area contributed by atoms with Crippen molar-refractivity contribution in [3.63, 3.8) is 0 Å². The second-order valence-electron chi connectivity index (χ2n) is 4.64. The third kappa shape index (κ3) is 2.42. The Kier molecular flexibility index (Phi) is 2.62. The molecule has 18 heavy (non-hydrogen) atoms. The van der Waals surface area contributed by atoms with Crippen LogP contribution in [-0.2, 0) is 11.2 Å².